The van der Waals surface area contributed by atoms with E-state index in [2.05, 4.69) is 23.3 Å². The van der Waals surface area contributed by atoms with Gasteiger partial charge in [-0.05, 0) is 12.8 Å². The van der Waals surface area contributed by atoms with Crippen molar-refractivity contribution in [3.8, 4) is 0 Å². The number of rotatable bonds is 66. The van der Waals surface area contributed by atoms with Crippen LogP contribution in [0.4, 0.5) is 0 Å². The van der Waals surface area contributed by atoms with Crippen molar-refractivity contribution < 1.29 is 51.8 Å². The van der Waals surface area contributed by atoms with E-state index in [1.807, 2.05) is 0 Å². The van der Waals surface area contributed by atoms with Gasteiger partial charge in [0.05, 0.1) is 25.4 Å². The van der Waals surface area contributed by atoms with E-state index in [0.29, 0.717) is 12.8 Å². The zero-order chi connectivity index (χ0) is 60.4. The molecule has 0 aromatic rings. The number of nitrogens with one attached hydrogen (secondary N) is 1. The lowest BCUT2D eigenvalue weighted by Crippen LogP contribution is -2.61. The van der Waals surface area contributed by atoms with Crippen LogP contribution in [-0.4, -0.2) is 95.4 Å². The van der Waals surface area contributed by atoms with Gasteiger partial charge in [0.25, 0.3) is 0 Å². The van der Waals surface area contributed by atoms with Crippen LogP contribution in [-0.2, 0) is 28.9 Å². The van der Waals surface area contributed by atoms with E-state index in [4.69, 9.17) is 9.47 Å². The molecule has 0 bridgehead atoms. The molecule has 0 aromatic heterocycles. The molecule has 0 aliphatic carbocycles. The average Bonchev–Trinajstić information content (AvgIpc) is 3.59. The Morgan fingerprint density at radius 2 is 0.699 bits per heavy atom. The Morgan fingerprint density at radius 3 is 0.964 bits per heavy atom. The Bertz CT molecular complexity index is 1460. The summed E-state index contributed by atoms with van der Waals surface area (Å²) in [4.78, 5) is 13.2. The first-order valence-electron chi connectivity index (χ1n) is 36.4. The highest BCUT2D eigenvalue weighted by Gasteiger charge is 2.48. The summed E-state index contributed by atoms with van der Waals surface area (Å²) < 4.78 is 48.1. The summed E-state index contributed by atoms with van der Waals surface area (Å²) in [6.07, 6.45) is 65.8. The van der Waals surface area contributed by atoms with Gasteiger partial charge in [0.1, 0.15) is 24.4 Å². The van der Waals surface area contributed by atoms with Crippen molar-refractivity contribution in [2.24, 2.45) is 0 Å². The molecule has 1 aliphatic heterocycles. The van der Waals surface area contributed by atoms with Crippen LogP contribution in [0.3, 0.4) is 0 Å². The Hall–Kier alpha value is -0.900. The summed E-state index contributed by atoms with van der Waals surface area (Å²) in [6.45, 7) is 3.53. The van der Waals surface area contributed by atoms with E-state index in [1.54, 1.807) is 0 Å². The third-order valence-electron chi connectivity index (χ3n) is 17.9. The van der Waals surface area contributed by atoms with Crippen molar-refractivity contribution in [2.45, 2.75) is 429 Å². The van der Waals surface area contributed by atoms with Crippen molar-refractivity contribution in [1.29, 1.82) is 0 Å². The summed E-state index contributed by atoms with van der Waals surface area (Å²) >= 11 is 0. The fourth-order valence-corrected chi connectivity index (χ4v) is 12.9. The molecule has 6 N–H and O–H groups in total. The van der Waals surface area contributed by atoms with Crippen LogP contribution in [0.25, 0.3) is 0 Å². The average molecular weight is 1200 g/mol. The zero-order valence-corrected chi connectivity index (χ0v) is 55.4. The zero-order valence-electron chi connectivity index (χ0n) is 54.6. The summed E-state index contributed by atoms with van der Waals surface area (Å²) in [5, 5.41) is 45.3. The molecule has 7 unspecified atom stereocenters. The fraction of sp³-hybridized carbons (Fsp3) is 0.986. The van der Waals surface area contributed by atoms with Crippen molar-refractivity contribution in [3.63, 3.8) is 0 Å². The third kappa shape index (κ3) is 51.7. The molecule has 1 amide bonds. The van der Waals surface area contributed by atoms with Crippen molar-refractivity contribution in [2.75, 3.05) is 13.2 Å². The van der Waals surface area contributed by atoms with Gasteiger partial charge in [0.2, 0.25) is 5.91 Å². The lowest BCUT2D eigenvalue weighted by atomic mass is 9.99. The Balaban J connectivity index is 2.17. The minimum absolute atomic E-state index is 0.219. The van der Waals surface area contributed by atoms with Crippen molar-refractivity contribution in [1.82, 2.24) is 5.32 Å². The van der Waals surface area contributed by atoms with Gasteiger partial charge in [0.15, 0.2) is 6.29 Å². The van der Waals surface area contributed by atoms with E-state index < -0.39 is 59.9 Å². The molecule has 0 aromatic carbocycles. The quantitative estimate of drug-likeness (QED) is 0.0251. The smallest absolute Gasteiger partial charge is 0.394 e. The molecular formula is C70H139NO11S. The molecule has 1 fully saturated rings. The standard InChI is InChI=1S/C70H139NO11S/c1-3-5-7-9-11-13-15-17-19-21-23-25-26-27-28-29-30-31-32-33-34-35-36-37-38-40-42-44-46-48-50-52-54-56-58-60-66(74)71-63(62-80-70-68(76)69(82-83(77,78)79)67(75)65(61-72)81-70)64(73)59-57-55-53-51-49-47-45-43-41-39-24-22-20-18-16-14-12-10-8-6-4-2/h63-65,67-70,72-73,75-76H,3-62H2,1-2H3,(H,71,74)(H,77,78,79). The van der Waals surface area contributed by atoms with Crippen LogP contribution in [0.2, 0.25) is 0 Å². The molecule has 1 aliphatic rings. The first-order valence-corrected chi connectivity index (χ1v) is 37.8. The van der Waals surface area contributed by atoms with Gasteiger partial charge in [-0.3, -0.25) is 9.35 Å². The minimum atomic E-state index is -5.08. The molecule has 13 heteroatoms. The van der Waals surface area contributed by atoms with E-state index in [1.165, 1.54) is 308 Å². The summed E-state index contributed by atoms with van der Waals surface area (Å²) in [5.74, 6) is -0.219. The third-order valence-corrected chi connectivity index (χ3v) is 18.4. The molecule has 1 saturated heterocycles. The maximum atomic E-state index is 13.2. The highest BCUT2D eigenvalue weighted by molar-refractivity contribution is 7.80. The van der Waals surface area contributed by atoms with E-state index in [0.717, 1.165) is 51.4 Å². The molecular weight excluding hydrogens is 1060 g/mol. The number of ether oxygens (including phenoxy) is 2. The lowest BCUT2D eigenvalue weighted by Gasteiger charge is -2.41. The van der Waals surface area contributed by atoms with Gasteiger partial charge < -0.3 is 35.2 Å². The number of carbonyl (C=O) groups is 1. The van der Waals surface area contributed by atoms with Gasteiger partial charge in [-0.25, -0.2) is 4.18 Å². The Morgan fingerprint density at radius 1 is 0.434 bits per heavy atom. The molecule has 1 rings (SSSR count). The fourth-order valence-electron chi connectivity index (χ4n) is 12.4. The Kier molecular flexibility index (Phi) is 57.9. The highest BCUT2D eigenvalue weighted by atomic mass is 32.3. The monoisotopic (exact) mass is 1200 g/mol. The maximum Gasteiger partial charge on any atom is 0.397 e. The van der Waals surface area contributed by atoms with Crippen LogP contribution in [0.5, 0.6) is 0 Å². The predicted molar refractivity (Wildman–Crippen MR) is 347 cm³/mol. The first-order chi connectivity index (χ1) is 40.5. The number of amides is 1. The number of hydrogen-bond acceptors (Lipinski definition) is 10. The number of aliphatic hydroxyl groups is 4. The summed E-state index contributed by atoms with van der Waals surface area (Å²) in [5.41, 5.74) is 0. The van der Waals surface area contributed by atoms with Gasteiger partial charge >= 0.3 is 10.4 Å². The molecule has 0 radical (unpaired) electrons. The second-order valence-corrected chi connectivity index (χ2v) is 26.9. The number of hydrogen-bond donors (Lipinski definition) is 6. The number of aliphatic hydroxyl groups excluding tert-OH is 4. The van der Waals surface area contributed by atoms with E-state index in [9.17, 15) is 38.2 Å². The molecule has 496 valence electrons. The number of unbranched alkanes of at least 4 members (excludes halogenated alkanes) is 54. The van der Waals surface area contributed by atoms with Crippen LogP contribution < -0.4 is 5.32 Å². The number of carbonyl (C=O) groups excluding carboxylic acids is 1. The van der Waals surface area contributed by atoms with Crippen LogP contribution in [0.15, 0.2) is 0 Å². The first kappa shape index (κ1) is 80.1. The molecule has 0 saturated carbocycles. The molecule has 7 atom stereocenters. The van der Waals surface area contributed by atoms with Gasteiger partial charge in [-0.1, -0.05) is 367 Å². The maximum absolute atomic E-state index is 13.2. The van der Waals surface area contributed by atoms with Crippen LogP contribution in [0, 0.1) is 0 Å². The largest absolute Gasteiger partial charge is 0.397 e. The molecule has 83 heavy (non-hydrogen) atoms. The summed E-state index contributed by atoms with van der Waals surface area (Å²) in [6, 6.07) is -0.855. The van der Waals surface area contributed by atoms with Gasteiger partial charge in [0, 0.05) is 6.42 Å². The SMILES string of the molecule is CCCCCCCCCCCCCCCCCCCCCCCCCCCCCCCCCCCCCC(=O)NC(COC1OC(CO)C(O)C(OS(=O)(=O)O)C1O)C(O)CCCCCCCCCCCCCCCCCCCCCCC. The second kappa shape index (κ2) is 60.0. The Labute approximate surface area is 513 Å². The minimum Gasteiger partial charge on any atom is -0.394 e. The van der Waals surface area contributed by atoms with Gasteiger partial charge in [-0.15, -0.1) is 0 Å². The highest BCUT2D eigenvalue weighted by Crippen LogP contribution is 2.27. The van der Waals surface area contributed by atoms with E-state index in [-0.39, 0.29) is 12.5 Å². The van der Waals surface area contributed by atoms with Crippen molar-refractivity contribution in [3.05, 3.63) is 0 Å². The van der Waals surface area contributed by atoms with Crippen molar-refractivity contribution >= 4 is 16.3 Å². The molecule has 12 nitrogen and oxygen atoms in total. The van der Waals surface area contributed by atoms with Crippen LogP contribution >= 0.6 is 0 Å². The second-order valence-electron chi connectivity index (χ2n) is 25.9. The van der Waals surface area contributed by atoms with Gasteiger partial charge in [-0.2, -0.15) is 8.42 Å². The van der Waals surface area contributed by atoms with Crippen LogP contribution in [0.1, 0.15) is 386 Å². The predicted octanol–water partition coefficient (Wildman–Crippen LogP) is 19.1. The topological polar surface area (TPSA) is 192 Å². The summed E-state index contributed by atoms with van der Waals surface area (Å²) in [7, 11) is -5.08. The molecule has 0 spiro atoms. The molecule has 1 heterocycles. The normalized spacial score (nSPS) is 18.3. The van der Waals surface area contributed by atoms with E-state index >= 15 is 0 Å². The lowest BCUT2D eigenvalue weighted by molar-refractivity contribution is -0.298.